The summed E-state index contributed by atoms with van der Waals surface area (Å²) < 4.78 is 53.6. The van der Waals surface area contributed by atoms with Crippen molar-refractivity contribution in [1.82, 2.24) is 9.21 Å². The van der Waals surface area contributed by atoms with E-state index in [4.69, 9.17) is 0 Å². The van der Waals surface area contributed by atoms with E-state index in [-0.39, 0.29) is 24.9 Å². The number of hydrogen-bond acceptors (Lipinski definition) is 3. The van der Waals surface area contributed by atoms with Crippen LogP contribution in [0.5, 0.6) is 0 Å². The lowest BCUT2D eigenvalue weighted by molar-refractivity contribution is -0.138. The molecule has 2 fully saturated rings. The van der Waals surface area contributed by atoms with Crippen LogP contribution in [0.25, 0.3) is 0 Å². The van der Waals surface area contributed by atoms with Crippen molar-refractivity contribution in [2.45, 2.75) is 37.5 Å². The molecule has 0 N–H and O–H groups in total. The summed E-state index contributed by atoms with van der Waals surface area (Å²) in [6, 6.07) is 2.41. The fourth-order valence-electron chi connectivity index (χ4n) is 3.80. The Morgan fingerprint density at radius 1 is 1.12 bits per heavy atom. The van der Waals surface area contributed by atoms with Crippen molar-refractivity contribution < 1.29 is 22.0 Å². The second kappa shape index (κ2) is 7.60. The average Bonchev–Trinajstić information content (AvgIpc) is 2.63. The molecule has 5 nitrogen and oxygen atoms in total. The van der Waals surface area contributed by atoms with Crippen molar-refractivity contribution in [2.75, 3.05) is 26.2 Å². The van der Waals surface area contributed by atoms with Crippen LogP contribution < -0.4 is 0 Å². The van der Waals surface area contributed by atoms with Crippen molar-refractivity contribution >= 4 is 15.9 Å². The third-order valence-corrected chi connectivity index (χ3v) is 7.20. The number of rotatable bonds is 3. The number of carbonyl (C=O) groups excluding carboxylic acids is 1. The van der Waals surface area contributed by atoms with Crippen molar-refractivity contribution in [3.05, 3.63) is 29.8 Å². The number of carbonyl (C=O) groups is 1. The van der Waals surface area contributed by atoms with Gasteiger partial charge >= 0.3 is 0 Å². The standard InChI is InChI=1S/C18H24F2N2O3S/c1-13-3-2-8-21(12-13)18(23)14-6-9-22(10-7-14)26(24,25)17-11-15(19)4-5-16(17)20/h4-5,11,13-14H,2-3,6-10,12H2,1H3. The Bertz CT molecular complexity index is 777. The molecule has 144 valence electrons. The number of hydrogen-bond donors (Lipinski definition) is 0. The van der Waals surface area contributed by atoms with E-state index in [0.29, 0.717) is 24.8 Å². The van der Waals surface area contributed by atoms with Crippen LogP contribution in [0.2, 0.25) is 0 Å². The van der Waals surface area contributed by atoms with Gasteiger partial charge in [0.2, 0.25) is 15.9 Å². The van der Waals surface area contributed by atoms with Crippen molar-refractivity contribution in [2.24, 2.45) is 11.8 Å². The van der Waals surface area contributed by atoms with Crippen LogP contribution in [0.4, 0.5) is 8.78 Å². The van der Waals surface area contributed by atoms with E-state index in [1.54, 1.807) is 0 Å². The summed E-state index contributed by atoms with van der Waals surface area (Å²) in [7, 11) is -4.10. The molecule has 3 rings (SSSR count). The second-order valence-corrected chi connectivity index (χ2v) is 9.19. The first-order valence-corrected chi connectivity index (χ1v) is 10.5. The van der Waals surface area contributed by atoms with Gasteiger partial charge in [0.05, 0.1) is 0 Å². The van der Waals surface area contributed by atoms with E-state index < -0.39 is 26.6 Å². The molecule has 0 spiro atoms. The zero-order chi connectivity index (χ0) is 18.9. The molecule has 8 heteroatoms. The van der Waals surface area contributed by atoms with Gasteiger partial charge < -0.3 is 4.90 Å². The zero-order valence-corrected chi connectivity index (χ0v) is 15.6. The lowest BCUT2D eigenvalue weighted by atomic mass is 9.93. The first-order chi connectivity index (χ1) is 12.3. The number of halogens is 2. The van der Waals surface area contributed by atoms with Gasteiger partial charge in [-0.1, -0.05) is 6.92 Å². The molecule has 0 aliphatic carbocycles. The van der Waals surface area contributed by atoms with Gasteiger partial charge in [-0.25, -0.2) is 17.2 Å². The highest BCUT2D eigenvalue weighted by atomic mass is 32.2. The van der Waals surface area contributed by atoms with Crippen LogP contribution in [-0.2, 0) is 14.8 Å². The van der Waals surface area contributed by atoms with E-state index in [1.165, 1.54) is 0 Å². The van der Waals surface area contributed by atoms with Gasteiger partial charge in [0, 0.05) is 32.1 Å². The maximum absolute atomic E-state index is 13.9. The summed E-state index contributed by atoms with van der Waals surface area (Å²) in [6.07, 6.45) is 2.93. The minimum Gasteiger partial charge on any atom is -0.342 e. The van der Waals surface area contributed by atoms with Crippen LogP contribution in [0.3, 0.4) is 0 Å². The van der Waals surface area contributed by atoms with Gasteiger partial charge in [0.15, 0.2) is 0 Å². The fraction of sp³-hybridized carbons (Fsp3) is 0.611. The molecule has 2 aliphatic heterocycles. The fourth-order valence-corrected chi connectivity index (χ4v) is 5.35. The minimum atomic E-state index is -4.10. The highest BCUT2D eigenvalue weighted by Gasteiger charge is 2.35. The Labute approximate surface area is 153 Å². The molecule has 1 aromatic carbocycles. The van der Waals surface area contributed by atoms with E-state index in [1.807, 2.05) is 4.90 Å². The van der Waals surface area contributed by atoms with Crippen LogP contribution in [-0.4, -0.2) is 49.7 Å². The predicted octanol–water partition coefficient (Wildman–Crippen LogP) is 2.62. The largest absolute Gasteiger partial charge is 0.342 e. The smallest absolute Gasteiger partial charge is 0.246 e. The van der Waals surface area contributed by atoms with Gasteiger partial charge in [0.1, 0.15) is 16.5 Å². The van der Waals surface area contributed by atoms with Gasteiger partial charge in [-0.15, -0.1) is 0 Å². The third-order valence-electron chi connectivity index (χ3n) is 5.28. The van der Waals surface area contributed by atoms with E-state index in [9.17, 15) is 22.0 Å². The molecule has 26 heavy (non-hydrogen) atoms. The molecule has 2 heterocycles. The number of amides is 1. The van der Waals surface area contributed by atoms with Crippen molar-refractivity contribution in [3.8, 4) is 0 Å². The van der Waals surface area contributed by atoms with Crippen LogP contribution in [0.15, 0.2) is 23.1 Å². The van der Waals surface area contributed by atoms with Crippen molar-refractivity contribution in [1.29, 1.82) is 0 Å². The molecule has 1 atom stereocenters. The summed E-state index contributed by atoms with van der Waals surface area (Å²) in [6.45, 7) is 3.92. The number of benzene rings is 1. The second-order valence-electron chi connectivity index (χ2n) is 7.28. The zero-order valence-electron chi connectivity index (χ0n) is 14.8. The van der Waals surface area contributed by atoms with Crippen LogP contribution >= 0.6 is 0 Å². The summed E-state index contributed by atoms with van der Waals surface area (Å²) in [5.74, 6) is -1.39. The quantitative estimate of drug-likeness (QED) is 0.802. The van der Waals surface area contributed by atoms with Crippen LogP contribution in [0, 0.1) is 23.5 Å². The molecule has 0 saturated carbocycles. The maximum Gasteiger partial charge on any atom is 0.246 e. The molecule has 0 radical (unpaired) electrons. The highest BCUT2D eigenvalue weighted by molar-refractivity contribution is 7.89. The molecular weight excluding hydrogens is 362 g/mol. The average molecular weight is 386 g/mol. The minimum absolute atomic E-state index is 0.0885. The summed E-state index contributed by atoms with van der Waals surface area (Å²) in [4.78, 5) is 13.9. The Balaban J connectivity index is 1.66. The van der Waals surface area contributed by atoms with E-state index in [2.05, 4.69) is 6.92 Å². The number of nitrogens with zero attached hydrogens (tertiary/aromatic N) is 2. The summed E-state index contributed by atoms with van der Waals surface area (Å²) in [5.41, 5.74) is 0. The first kappa shape index (κ1) is 19.2. The van der Waals surface area contributed by atoms with Crippen LogP contribution in [0.1, 0.15) is 32.6 Å². The van der Waals surface area contributed by atoms with Crippen molar-refractivity contribution in [3.63, 3.8) is 0 Å². The molecule has 2 saturated heterocycles. The summed E-state index contributed by atoms with van der Waals surface area (Å²) in [5, 5.41) is 0. The Hall–Kier alpha value is -1.54. The molecule has 1 amide bonds. The van der Waals surface area contributed by atoms with Gasteiger partial charge in [-0.05, 0) is 49.8 Å². The van der Waals surface area contributed by atoms with Gasteiger partial charge in [0.25, 0.3) is 0 Å². The molecule has 1 aromatic rings. The van der Waals surface area contributed by atoms with E-state index in [0.717, 1.165) is 42.4 Å². The Kier molecular flexibility index (Phi) is 5.62. The molecule has 0 bridgehead atoms. The van der Waals surface area contributed by atoms with Gasteiger partial charge in [-0.2, -0.15) is 4.31 Å². The molecule has 0 aromatic heterocycles. The predicted molar refractivity (Wildman–Crippen MR) is 92.8 cm³/mol. The van der Waals surface area contributed by atoms with Gasteiger partial charge in [-0.3, -0.25) is 4.79 Å². The Morgan fingerprint density at radius 2 is 1.81 bits per heavy atom. The summed E-state index contributed by atoms with van der Waals surface area (Å²) >= 11 is 0. The lowest BCUT2D eigenvalue weighted by Crippen LogP contribution is -2.47. The third kappa shape index (κ3) is 3.91. The highest BCUT2D eigenvalue weighted by Crippen LogP contribution is 2.28. The maximum atomic E-state index is 13.9. The number of likely N-dealkylation sites (tertiary alicyclic amines) is 1. The molecule has 1 unspecified atom stereocenters. The number of sulfonamides is 1. The lowest BCUT2D eigenvalue weighted by Gasteiger charge is -2.36. The Morgan fingerprint density at radius 3 is 2.46 bits per heavy atom. The molecule has 2 aliphatic rings. The SMILES string of the molecule is CC1CCCN(C(=O)C2CCN(S(=O)(=O)c3cc(F)ccc3F)CC2)C1. The first-order valence-electron chi connectivity index (χ1n) is 9.03. The topological polar surface area (TPSA) is 57.7 Å². The van der Waals surface area contributed by atoms with E-state index >= 15 is 0 Å². The molecular formula is C18H24F2N2O3S. The monoisotopic (exact) mass is 386 g/mol. The number of piperidine rings is 2. The normalized spacial score (nSPS) is 23.2.